The van der Waals surface area contributed by atoms with E-state index in [1.807, 2.05) is 18.2 Å². The third-order valence-corrected chi connectivity index (χ3v) is 5.84. The van der Waals surface area contributed by atoms with Gasteiger partial charge in [0.2, 0.25) is 0 Å². The highest BCUT2D eigenvalue weighted by molar-refractivity contribution is 6.31. The molecule has 0 N–H and O–H groups in total. The molecule has 4 rings (SSSR count). The summed E-state index contributed by atoms with van der Waals surface area (Å²) in [7, 11) is 0. The number of urea groups is 1. The fourth-order valence-electron chi connectivity index (χ4n) is 3.76. The second-order valence-corrected chi connectivity index (χ2v) is 8.69. The second-order valence-electron chi connectivity index (χ2n) is 8.25. The lowest BCUT2D eigenvalue weighted by molar-refractivity contribution is -0.137. The van der Waals surface area contributed by atoms with Crippen LogP contribution in [0, 0.1) is 0 Å². The number of para-hydroxylation sites is 2. The molecule has 0 unspecified atom stereocenters. The van der Waals surface area contributed by atoms with E-state index in [-0.39, 0.29) is 11.6 Å². The molecule has 5 nitrogen and oxygen atoms in total. The lowest BCUT2D eigenvalue weighted by Gasteiger charge is -2.28. The van der Waals surface area contributed by atoms with Gasteiger partial charge in [-0.3, -0.25) is 4.79 Å². The van der Waals surface area contributed by atoms with E-state index in [9.17, 15) is 22.8 Å². The van der Waals surface area contributed by atoms with Gasteiger partial charge in [-0.25, -0.2) is 9.69 Å². The highest BCUT2D eigenvalue weighted by Crippen LogP contribution is 2.42. The zero-order valence-electron chi connectivity index (χ0n) is 18.3. The first kappa shape index (κ1) is 23.6. The van der Waals surface area contributed by atoms with E-state index in [4.69, 9.17) is 16.3 Å². The molecule has 176 valence electrons. The molecule has 0 spiro atoms. The summed E-state index contributed by atoms with van der Waals surface area (Å²) < 4.78 is 47.0. The molecule has 1 heterocycles. The zero-order chi connectivity index (χ0) is 24.7. The van der Waals surface area contributed by atoms with Crippen molar-refractivity contribution in [2.75, 3.05) is 4.90 Å². The number of imide groups is 1. The Labute approximate surface area is 199 Å². The van der Waals surface area contributed by atoms with Crippen LogP contribution in [-0.2, 0) is 17.5 Å². The van der Waals surface area contributed by atoms with Crippen molar-refractivity contribution >= 4 is 29.2 Å². The number of halogens is 4. The number of hydrogen-bond acceptors (Lipinski definition) is 3. The van der Waals surface area contributed by atoms with Crippen LogP contribution in [0.4, 0.5) is 23.7 Å². The Bertz CT molecular complexity index is 1250. The first-order valence-corrected chi connectivity index (χ1v) is 10.7. The Kier molecular flexibility index (Phi) is 6.03. The van der Waals surface area contributed by atoms with Gasteiger partial charge < -0.3 is 9.64 Å². The average molecular weight is 489 g/mol. The number of anilines is 1. The Morgan fingerprint density at radius 1 is 0.941 bits per heavy atom. The first-order valence-electron chi connectivity index (χ1n) is 10.3. The molecule has 0 bridgehead atoms. The maximum atomic E-state index is 13.7. The lowest BCUT2D eigenvalue weighted by Crippen LogP contribution is -2.43. The molecule has 1 aliphatic rings. The van der Waals surface area contributed by atoms with Crippen molar-refractivity contribution in [3.05, 3.63) is 88.9 Å². The molecule has 0 saturated carbocycles. The normalized spacial score (nSPS) is 15.7. The lowest BCUT2D eigenvalue weighted by atomic mass is 10.0. The predicted octanol–water partition coefficient (Wildman–Crippen LogP) is 6.90. The summed E-state index contributed by atoms with van der Waals surface area (Å²) >= 11 is 5.77. The Hall–Kier alpha value is -3.52. The van der Waals surface area contributed by atoms with Gasteiger partial charge in [-0.15, -0.1) is 0 Å². The van der Waals surface area contributed by atoms with Crippen LogP contribution in [0.5, 0.6) is 11.5 Å². The smallest absolute Gasteiger partial charge is 0.418 e. The van der Waals surface area contributed by atoms with Gasteiger partial charge in [0.05, 0.1) is 17.8 Å². The van der Waals surface area contributed by atoms with Gasteiger partial charge in [0, 0.05) is 10.6 Å². The number of amides is 3. The Morgan fingerprint density at radius 2 is 1.59 bits per heavy atom. The molecule has 0 aromatic heterocycles. The fourth-order valence-corrected chi connectivity index (χ4v) is 3.94. The summed E-state index contributed by atoms with van der Waals surface area (Å²) in [5.74, 6) is 0.271. The van der Waals surface area contributed by atoms with E-state index >= 15 is 0 Å². The summed E-state index contributed by atoms with van der Waals surface area (Å²) in [6.45, 7) is 2.94. The fraction of sp³-hybridized carbons (Fsp3) is 0.200. The zero-order valence-corrected chi connectivity index (χ0v) is 19.0. The minimum atomic E-state index is -4.81. The monoisotopic (exact) mass is 488 g/mol. The molecular weight excluding hydrogens is 469 g/mol. The number of rotatable bonds is 5. The van der Waals surface area contributed by atoms with Crippen LogP contribution >= 0.6 is 11.6 Å². The third-order valence-electron chi connectivity index (χ3n) is 5.60. The summed E-state index contributed by atoms with van der Waals surface area (Å²) in [5, 5.41) is -0.154. The van der Waals surface area contributed by atoms with Crippen LogP contribution in [0.25, 0.3) is 0 Å². The van der Waals surface area contributed by atoms with Crippen molar-refractivity contribution in [3.63, 3.8) is 0 Å². The van der Waals surface area contributed by atoms with E-state index in [1.165, 1.54) is 24.8 Å². The molecule has 0 radical (unpaired) electrons. The minimum Gasteiger partial charge on any atom is -0.457 e. The van der Waals surface area contributed by atoms with E-state index < -0.39 is 34.9 Å². The van der Waals surface area contributed by atoms with Crippen molar-refractivity contribution in [3.8, 4) is 11.5 Å². The van der Waals surface area contributed by atoms with Gasteiger partial charge in [-0.2, -0.15) is 13.2 Å². The standard InChI is InChI=1S/C25H20ClF3N2O3/c1-24(2)22(32)31(20-13-12-17(26)14-19(20)25(27,28)29)23(33)30(24)15-16-8-6-7-11-21(16)34-18-9-4-3-5-10-18/h3-14H,15H2,1-2H3. The van der Waals surface area contributed by atoms with Crippen LogP contribution in [0.3, 0.4) is 0 Å². The largest absolute Gasteiger partial charge is 0.457 e. The Balaban J connectivity index is 1.70. The summed E-state index contributed by atoms with van der Waals surface area (Å²) in [5.41, 5.74) is -2.53. The molecule has 34 heavy (non-hydrogen) atoms. The number of carbonyl (C=O) groups is 2. The van der Waals surface area contributed by atoms with Crippen LogP contribution < -0.4 is 9.64 Å². The Morgan fingerprint density at radius 3 is 2.26 bits per heavy atom. The SMILES string of the molecule is CC1(C)C(=O)N(c2ccc(Cl)cc2C(F)(F)F)C(=O)N1Cc1ccccc1Oc1ccccc1. The second kappa shape index (κ2) is 8.68. The summed E-state index contributed by atoms with van der Waals surface area (Å²) in [4.78, 5) is 28.4. The highest BCUT2D eigenvalue weighted by atomic mass is 35.5. The summed E-state index contributed by atoms with van der Waals surface area (Å²) in [6.07, 6.45) is -4.81. The minimum absolute atomic E-state index is 0.0496. The van der Waals surface area contributed by atoms with Gasteiger partial charge in [0.15, 0.2) is 0 Å². The van der Waals surface area contributed by atoms with Crippen molar-refractivity contribution in [2.24, 2.45) is 0 Å². The van der Waals surface area contributed by atoms with E-state index in [2.05, 4.69) is 0 Å². The summed E-state index contributed by atoms with van der Waals surface area (Å²) in [6, 6.07) is 18.1. The van der Waals surface area contributed by atoms with Gasteiger partial charge in [0.25, 0.3) is 5.91 Å². The highest BCUT2D eigenvalue weighted by Gasteiger charge is 2.53. The van der Waals surface area contributed by atoms with Crippen molar-refractivity contribution in [2.45, 2.75) is 32.1 Å². The maximum Gasteiger partial charge on any atom is 0.418 e. The van der Waals surface area contributed by atoms with Gasteiger partial charge in [-0.05, 0) is 50.2 Å². The molecule has 3 amide bonds. The predicted molar refractivity (Wildman–Crippen MR) is 122 cm³/mol. The number of ether oxygens (including phenoxy) is 1. The molecule has 1 saturated heterocycles. The topological polar surface area (TPSA) is 49.9 Å². The van der Waals surface area contributed by atoms with Crippen LogP contribution in [0.2, 0.25) is 5.02 Å². The number of alkyl halides is 3. The van der Waals surface area contributed by atoms with Crippen LogP contribution in [-0.4, -0.2) is 22.4 Å². The molecule has 9 heteroatoms. The molecule has 1 aliphatic heterocycles. The number of carbonyl (C=O) groups excluding carboxylic acids is 2. The van der Waals surface area contributed by atoms with Gasteiger partial charge >= 0.3 is 12.2 Å². The van der Waals surface area contributed by atoms with Gasteiger partial charge in [0.1, 0.15) is 17.0 Å². The van der Waals surface area contributed by atoms with Crippen LogP contribution in [0.15, 0.2) is 72.8 Å². The number of nitrogens with zero attached hydrogens (tertiary/aromatic N) is 2. The number of hydrogen-bond donors (Lipinski definition) is 0. The van der Waals surface area contributed by atoms with Crippen molar-refractivity contribution in [1.82, 2.24) is 4.90 Å². The van der Waals surface area contributed by atoms with Crippen molar-refractivity contribution in [1.29, 1.82) is 0 Å². The molecule has 3 aromatic carbocycles. The molecule has 0 atom stereocenters. The first-order chi connectivity index (χ1) is 16.0. The number of benzene rings is 3. The average Bonchev–Trinajstić information content (AvgIpc) is 2.94. The molecule has 3 aromatic rings. The van der Waals surface area contributed by atoms with Crippen LogP contribution in [0.1, 0.15) is 25.0 Å². The van der Waals surface area contributed by atoms with E-state index in [0.717, 1.165) is 6.07 Å². The third kappa shape index (κ3) is 4.33. The van der Waals surface area contributed by atoms with E-state index in [1.54, 1.807) is 36.4 Å². The molecule has 0 aliphatic carbocycles. The molecule has 1 fully saturated rings. The van der Waals surface area contributed by atoms with Gasteiger partial charge in [-0.1, -0.05) is 48.0 Å². The van der Waals surface area contributed by atoms with E-state index in [0.29, 0.717) is 28.0 Å². The quantitative estimate of drug-likeness (QED) is 0.367. The molecular formula is C25H20ClF3N2O3. The van der Waals surface area contributed by atoms with Crippen molar-refractivity contribution < 1.29 is 27.5 Å². The maximum absolute atomic E-state index is 13.7.